The van der Waals surface area contributed by atoms with E-state index in [1.165, 1.54) is 0 Å². The fourth-order valence-corrected chi connectivity index (χ4v) is 1.94. The predicted octanol–water partition coefficient (Wildman–Crippen LogP) is 1.97. The molecular formula is C14H20N4O. The smallest absolute Gasteiger partial charge is 0.122 e. The summed E-state index contributed by atoms with van der Waals surface area (Å²) < 4.78 is 7.17. The molecule has 0 radical (unpaired) electrons. The molecule has 0 aromatic carbocycles. The zero-order valence-corrected chi connectivity index (χ0v) is 11.4. The molecule has 5 heteroatoms. The minimum absolute atomic E-state index is 0.226. The van der Waals surface area contributed by atoms with Crippen molar-refractivity contribution in [1.82, 2.24) is 20.0 Å². The fourth-order valence-electron chi connectivity index (χ4n) is 1.94. The first-order valence-corrected chi connectivity index (χ1v) is 6.27. The van der Waals surface area contributed by atoms with E-state index in [2.05, 4.69) is 21.9 Å². The quantitative estimate of drug-likeness (QED) is 0.826. The first-order valence-electron chi connectivity index (χ1n) is 6.27. The molecule has 19 heavy (non-hydrogen) atoms. The van der Waals surface area contributed by atoms with E-state index in [-0.39, 0.29) is 6.04 Å². The highest BCUT2D eigenvalue weighted by Gasteiger charge is 2.16. The topological polar surface area (TPSA) is 46.2 Å². The van der Waals surface area contributed by atoms with Crippen LogP contribution >= 0.6 is 0 Å². The molecule has 0 saturated carbocycles. The highest BCUT2D eigenvalue weighted by molar-refractivity contribution is 5.17. The lowest BCUT2D eigenvalue weighted by Crippen LogP contribution is -2.30. The van der Waals surface area contributed by atoms with Crippen LogP contribution < -0.4 is 5.32 Å². The summed E-state index contributed by atoms with van der Waals surface area (Å²) in [6.07, 6.45) is 7.18. The molecule has 0 saturated heterocycles. The van der Waals surface area contributed by atoms with Gasteiger partial charge in [0, 0.05) is 31.0 Å². The number of hydrogen-bond acceptors (Lipinski definition) is 4. The molecule has 0 aliphatic heterocycles. The van der Waals surface area contributed by atoms with E-state index in [1.54, 1.807) is 17.1 Å². The Morgan fingerprint density at radius 3 is 3.00 bits per heavy atom. The number of nitrogens with zero attached hydrogens (tertiary/aromatic N) is 3. The van der Waals surface area contributed by atoms with Crippen LogP contribution in [-0.2, 0) is 6.54 Å². The second kappa shape index (κ2) is 6.36. The largest absolute Gasteiger partial charge is 0.468 e. The molecule has 0 spiro atoms. The summed E-state index contributed by atoms with van der Waals surface area (Å²) in [6.45, 7) is 5.27. The average Bonchev–Trinajstić information content (AvgIpc) is 3.05. The maximum atomic E-state index is 5.47. The van der Waals surface area contributed by atoms with E-state index in [9.17, 15) is 0 Å². The van der Waals surface area contributed by atoms with Crippen molar-refractivity contribution in [3.63, 3.8) is 0 Å². The third-order valence-electron chi connectivity index (χ3n) is 3.00. The minimum atomic E-state index is 0.226. The molecule has 1 unspecified atom stereocenters. The molecule has 2 heterocycles. The molecule has 5 nitrogen and oxygen atoms in total. The number of nitrogens with one attached hydrogen (secondary N) is 1. The second-order valence-electron chi connectivity index (χ2n) is 4.64. The predicted molar refractivity (Wildman–Crippen MR) is 75.5 cm³/mol. The van der Waals surface area contributed by atoms with Crippen molar-refractivity contribution in [2.75, 3.05) is 20.6 Å². The van der Waals surface area contributed by atoms with Gasteiger partial charge < -0.3 is 9.73 Å². The molecule has 102 valence electrons. The standard InChI is InChI=1S/C14H20N4O/c1-4-18-11-12(9-16-18)8-15-10-13(17(2)3)14-6-5-7-19-14/h4-7,9,11,13,15H,1,8,10H2,2-3H3. The third-order valence-corrected chi connectivity index (χ3v) is 3.00. The molecule has 0 fully saturated rings. The molecule has 2 rings (SSSR count). The van der Waals surface area contributed by atoms with Crippen LogP contribution in [0.2, 0.25) is 0 Å². The van der Waals surface area contributed by atoms with Crippen molar-refractivity contribution in [2.45, 2.75) is 12.6 Å². The van der Waals surface area contributed by atoms with Crippen LogP contribution in [-0.4, -0.2) is 35.3 Å². The third kappa shape index (κ3) is 3.56. The number of likely N-dealkylation sites (N-methyl/N-ethyl adjacent to an activating group) is 1. The zero-order chi connectivity index (χ0) is 13.7. The van der Waals surface area contributed by atoms with Gasteiger partial charge in [0.25, 0.3) is 0 Å². The molecule has 0 amide bonds. The molecule has 2 aromatic rings. The summed E-state index contributed by atoms with van der Waals surface area (Å²) in [6, 6.07) is 4.15. The fraction of sp³-hybridized carbons (Fsp3) is 0.357. The Morgan fingerprint density at radius 1 is 1.58 bits per heavy atom. The van der Waals surface area contributed by atoms with Crippen LogP contribution in [0.5, 0.6) is 0 Å². The van der Waals surface area contributed by atoms with Gasteiger partial charge >= 0.3 is 0 Å². The van der Waals surface area contributed by atoms with E-state index in [0.29, 0.717) is 0 Å². The highest BCUT2D eigenvalue weighted by Crippen LogP contribution is 2.17. The Balaban J connectivity index is 1.87. The maximum absolute atomic E-state index is 5.47. The maximum Gasteiger partial charge on any atom is 0.122 e. The van der Waals surface area contributed by atoms with Gasteiger partial charge in [-0.3, -0.25) is 4.90 Å². The molecule has 0 bridgehead atoms. The summed E-state index contributed by atoms with van der Waals surface area (Å²) in [7, 11) is 4.09. The summed E-state index contributed by atoms with van der Waals surface area (Å²) in [4.78, 5) is 2.14. The van der Waals surface area contributed by atoms with Crippen LogP contribution in [0.15, 0.2) is 41.8 Å². The van der Waals surface area contributed by atoms with Crippen molar-refractivity contribution in [1.29, 1.82) is 0 Å². The van der Waals surface area contributed by atoms with E-state index in [0.717, 1.165) is 24.4 Å². The first kappa shape index (κ1) is 13.6. The van der Waals surface area contributed by atoms with Crippen LogP contribution in [0, 0.1) is 0 Å². The Morgan fingerprint density at radius 2 is 2.42 bits per heavy atom. The lowest BCUT2D eigenvalue weighted by Gasteiger charge is -2.22. The summed E-state index contributed by atoms with van der Waals surface area (Å²) in [5.74, 6) is 0.972. The van der Waals surface area contributed by atoms with Crippen molar-refractivity contribution < 1.29 is 4.42 Å². The van der Waals surface area contributed by atoms with E-state index >= 15 is 0 Å². The summed E-state index contributed by atoms with van der Waals surface area (Å²) >= 11 is 0. The molecule has 1 atom stereocenters. The van der Waals surface area contributed by atoms with E-state index < -0.39 is 0 Å². The first-order chi connectivity index (χ1) is 9.20. The summed E-state index contributed by atoms with van der Waals surface area (Å²) in [5, 5.41) is 7.57. The second-order valence-corrected chi connectivity index (χ2v) is 4.64. The van der Waals surface area contributed by atoms with Gasteiger partial charge in [-0.2, -0.15) is 5.10 Å². The van der Waals surface area contributed by atoms with Gasteiger partial charge in [-0.25, -0.2) is 4.68 Å². The molecule has 1 N–H and O–H groups in total. The molecule has 0 aliphatic carbocycles. The SMILES string of the molecule is C=Cn1cc(CNCC(c2ccco2)N(C)C)cn1. The number of rotatable bonds is 7. The number of furan rings is 1. The van der Waals surface area contributed by atoms with Gasteiger partial charge in [-0.15, -0.1) is 0 Å². The monoisotopic (exact) mass is 260 g/mol. The van der Waals surface area contributed by atoms with E-state index in [4.69, 9.17) is 4.42 Å². The average molecular weight is 260 g/mol. The van der Waals surface area contributed by atoms with Crippen LogP contribution in [0.25, 0.3) is 6.20 Å². The van der Waals surface area contributed by atoms with Crippen molar-refractivity contribution in [3.05, 3.63) is 48.7 Å². The van der Waals surface area contributed by atoms with Gasteiger partial charge in [0.1, 0.15) is 5.76 Å². The Bertz CT molecular complexity index is 501. The molecular weight excluding hydrogens is 240 g/mol. The van der Waals surface area contributed by atoms with Gasteiger partial charge in [0.05, 0.1) is 18.5 Å². The number of hydrogen-bond donors (Lipinski definition) is 1. The van der Waals surface area contributed by atoms with E-state index in [1.807, 2.05) is 38.6 Å². The summed E-state index contributed by atoms with van der Waals surface area (Å²) in [5.41, 5.74) is 1.14. The lowest BCUT2D eigenvalue weighted by atomic mass is 10.2. The molecule has 2 aromatic heterocycles. The van der Waals surface area contributed by atoms with Crippen molar-refractivity contribution in [2.24, 2.45) is 0 Å². The zero-order valence-electron chi connectivity index (χ0n) is 11.4. The Hall–Kier alpha value is -1.85. The normalized spacial score (nSPS) is 12.8. The Kier molecular flexibility index (Phi) is 4.54. The van der Waals surface area contributed by atoms with Crippen LogP contribution in [0.1, 0.15) is 17.4 Å². The van der Waals surface area contributed by atoms with Gasteiger partial charge in [-0.05, 0) is 26.2 Å². The van der Waals surface area contributed by atoms with Crippen molar-refractivity contribution in [3.8, 4) is 0 Å². The Labute approximate surface area is 113 Å². The van der Waals surface area contributed by atoms with Gasteiger partial charge in [0.15, 0.2) is 0 Å². The van der Waals surface area contributed by atoms with Crippen LogP contribution in [0.4, 0.5) is 0 Å². The van der Waals surface area contributed by atoms with Crippen molar-refractivity contribution >= 4 is 6.20 Å². The lowest BCUT2D eigenvalue weighted by molar-refractivity contribution is 0.250. The van der Waals surface area contributed by atoms with Crippen LogP contribution in [0.3, 0.4) is 0 Å². The van der Waals surface area contributed by atoms with Gasteiger partial charge in [0.2, 0.25) is 0 Å². The number of aromatic nitrogens is 2. The van der Waals surface area contributed by atoms with Gasteiger partial charge in [-0.1, -0.05) is 6.58 Å². The molecule has 0 aliphatic rings. The minimum Gasteiger partial charge on any atom is -0.468 e. The highest BCUT2D eigenvalue weighted by atomic mass is 16.3.